The standard InChI is InChI=1S/C22H28N5O9P/c1-5-22(24)17(28)16(34-19(22)27-12-25-20(23)26-21(27)30)11-32-37(31,36-15-9-7-6-8-10-15)35-14(4)18(29)33-13(2)3/h1,6-10,12-14,16-17,19,28H,11,24H2,2-4H3,(H2,23,26,30)/t14-,16+,17-,19+,22?,37?/m0/s1. The molecule has 1 aromatic heterocycles. The number of para-hydroxylation sites is 1. The number of esters is 1. The van der Waals surface area contributed by atoms with Crippen LogP contribution in [0.2, 0.25) is 0 Å². The number of carbonyl (C=O) groups is 1. The Kier molecular flexibility index (Phi) is 8.70. The maximum Gasteiger partial charge on any atom is 0.530 e. The summed E-state index contributed by atoms with van der Waals surface area (Å²) in [6.07, 6.45) is 0.427. The van der Waals surface area contributed by atoms with Crippen molar-refractivity contribution in [2.24, 2.45) is 5.73 Å². The van der Waals surface area contributed by atoms with Gasteiger partial charge in [-0.2, -0.15) is 4.98 Å². The summed E-state index contributed by atoms with van der Waals surface area (Å²) >= 11 is 0. The van der Waals surface area contributed by atoms with Crippen molar-refractivity contribution in [3.8, 4) is 18.1 Å². The third kappa shape index (κ3) is 6.53. The molecule has 15 heteroatoms. The predicted octanol–water partition coefficient (Wildman–Crippen LogP) is 0.370. The van der Waals surface area contributed by atoms with Gasteiger partial charge in [0.15, 0.2) is 17.9 Å². The van der Waals surface area contributed by atoms with Gasteiger partial charge in [0.1, 0.15) is 24.3 Å². The van der Waals surface area contributed by atoms with Crippen LogP contribution in [-0.2, 0) is 27.9 Å². The number of hydrogen-bond donors (Lipinski definition) is 3. The van der Waals surface area contributed by atoms with Crippen LogP contribution in [0.1, 0.15) is 27.0 Å². The number of rotatable bonds is 10. The van der Waals surface area contributed by atoms with Crippen LogP contribution in [-0.4, -0.2) is 62.2 Å². The normalized spacial score (nSPS) is 25.7. The van der Waals surface area contributed by atoms with Gasteiger partial charge >= 0.3 is 19.5 Å². The van der Waals surface area contributed by atoms with Crippen LogP contribution in [0.4, 0.5) is 5.95 Å². The molecule has 1 aliphatic rings. The highest BCUT2D eigenvalue weighted by Crippen LogP contribution is 2.51. The van der Waals surface area contributed by atoms with Gasteiger partial charge in [-0.05, 0) is 32.9 Å². The van der Waals surface area contributed by atoms with E-state index in [0.29, 0.717) is 0 Å². The van der Waals surface area contributed by atoms with E-state index < -0.39 is 62.3 Å². The zero-order valence-electron chi connectivity index (χ0n) is 20.3. The number of carbonyl (C=O) groups excluding carboxylic acids is 1. The van der Waals surface area contributed by atoms with Crippen molar-refractivity contribution in [2.75, 3.05) is 12.3 Å². The Hall–Kier alpha value is -3.31. The molecule has 6 atom stereocenters. The first-order valence-corrected chi connectivity index (χ1v) is 12.5. The van der Waals surface area contributed by atoms with E-state index in [1.54, 1.807) is 32.0 Å². The number of aliphatic hydroxyl groups is 1. The molecule has 3 rings (SSSR count). The predicted molar refractivity (Wildman–Crippen MR) is 129 cm³/mol. The monoisotopic (exact) mass is 537 g/mol. The minimum Gasteiger partial charge on any atom is -0.461 e. The molecule has 2 heterocycles. The van der Waals surface area contributed by atoms with Crippen LogP contribution in [0, 0.1) is 12.3 Å². The van der Waals surface area contributed by atoms with Gasteiger partial charge in [-0.3, -0.25) is 13.6 Å². The molecule has 0 amide bonds. The number of benzene rings is 1. The van der Waals surface area contributed by atoms with Crippen molar-refractivity contribution in [3.63, 3.8) is 0 Å². The molecule has 0 bridgehead atoms. The number of nitrogens with zero attached hydrogens (tertiary/aromatic N) is 3. The lowest BCUT2D eigenvalue weighted by Crippen LogP contribution is -2.55. The van der Waals surface area contributed by atoms with Crippen molar-refractivity contribution < 1.29 is 37.5 Å². The molecule has 1 aromatic carbocycles. The number of phosphoric ester groups is 1. The Morgan fingerprint density at radius 3 is 2.62 bits per heavy atom. The summed E-state index contributed by atoms with van der Waals surface area (Å²) in [7, 11) is -4.53. The number of aromatic nitrogens is 3. The molecular formula is C22H28N5O9P. The Labute approximate surface area is 212 Å². The maximum absolute atomic E-state index is 13.5. The van der Waals surface area contributed by atoms with Gasteiger partial charge in [0.25, 0.3) is 0 Å². The summed E-state index contributed by atoms with van der Waals surface area (Å²) in [5, 5.41) is 10.8. The quantitative estimate of drug-likeness (QED) is 0.213. The first-order valence-electron chi connectivity index (χ1n) is 11.1. The van der Waals surface area contributed by atoms with Crippen molar-refractivity contribution in [1.82, 2.24) is 14.5 Å². The Morgan fingerprint density at radius 1 is 1.35 bits per heavy atom. The smallest absolute Gasteiger partial charge is 0.461 e. The molecule has 1 aliphatic heterocycles. The maximum atomic E-state index is 13.5. The zero-order valence-corrected chi connectivity index (χ0v) is 21.2. The number of aliphatic hydroxyl groups excluding tert-OH is 1. The summed E-state index contributed by atoms with van der Waals surface area (Å²) in [5.41, 5.74) is 8.80. The topological polar surface area (TPSA) is 200 Å². The minimum absolute atomic E-state index is 0.114. The molecule has 2 aromatic rings. The number of phosphoric acid groups is 1. The second-order valence-electron chi connectivity index (χ2n) is 8.33. The Morgan fingerprint density at radius 2 is 2.03 bits per heavy atom. The number of anilines is 1. The van der Waals surface area contributed by atoms with Crippen LogP contribution >= 0.6 is 7.82 Å². The van der Waals surface area contributed by atoms with Gasteiger partial charge in [-0.1, -0.05) is 24.1 Å². The molecule has 5 N–H and O–H groups in total. The molecule has 200 valence electrons. The largest absolute Gasteiger partial charge is 0.530 e. The average Bonchev–Trinajstić information content (AvgIpc) is 3.08. The number of nitrogen functional groups attached to an aromatic ring is 1. The van der Waals surface area contributed by atoms with E-state index in [4.69, 9.17) is 40.9 Å². The molecule has 37 heavy (non-hydrogen) atoms. The highest BCUT2D eigenvalue weighted by molar-refractivity contribution is 7.49. The highest BCUT2D eigenvalue weighted by atomic mass is 31.2. The van der Waals surface area contributed by atoms with Gasteiger partial charge in [0.05, 0.1) is 12.7 Å². The fraction of sp³-hybridized carbons (Fsp3) is 0.455. The fourth-order valence-electron chi connectivity index (χ4n) is 3.32. The highest BCUT2D eigenvalue weighted by Gasteiger charge is 2.55. The molecule has 0 radical (unpaired) electrons. The summed E-state index contributed by atoms with van der Waals surface area (Å²) in [4.78, 5) is 31.8. The van der Waals surface area contributed by atoms with E-state index in [2.05, 4.69) is 15.9 Å². The first-order chi connectivity index (χ1) is 17.4. The third-order valence-corrected chi connectivity index (χ3v) is 6.60. The molecule has 14 nitrogen and oxygen atoms in total. The molecule has 0 aliphatic carbocycles. The Balaban J connectivity index is 1.83. The second-order valence-corrected chi connectivity index (χ2v) is 9.88. The van der Waals surface area contributed by atoms with Crippen molar-refractivity contribution >= 4 is 19.7 Å². The van der Waals surface area contributed by atoms with Crippen LogP contribution in [0.25, 0.3) is 0 Å². The van der Waals surface area contributed by atoms with Crippen LogP contribution in [0.15, 0.2) is 41.5 Å². The van der Waals surface area contributed by atoms with Crippen LogP contribution < -0.4 is 21.7 Å². The van der Waals surface area contributed by atoms with Gasteiger partial charge in [0.2, 0.25) is 5.95 Å². The number of nitrogens with two attached hydrogens (primary N) is 2. The summed E-state index contributed by atoms with van der Waals surface area (Å²) < 4.78 is 41.4. The van der Waals surface area contributed by atoms with Gasteiger partial charge in [0, 0.05) is 0 Å². The Bertz CT molecular complexity index is 1250. The SMILES string of the molecule is C#CC1(N)[C@@H](O)[C@@H](COP(=O)(Oc2ccccc2)O[C@@H](C)C(=O)OC(C)C)O[C@H]1n1cnc(N)nc1=O. The molecular weight excluding hydrogens is 509 g/mol. The third-order valence-electron chi connectivity index (χ3n) is 5.13. The lowest BCUT2D eigenvalue weighted by Gasteiger charge is -2.27. The van der Waals surface area contributed by atoms with Crippen molar-refractivity contribution in [1.29, 1.82) is 0 Å². The fourth-order valence-corrected chi connectivity index (χ4v) is 4.66. The van der Waals surface area contributed by atoms with E-state index >= 15 is 0 Å². The zero-order chi connectivity index (χ0) is 27.4. The summed E-state index contributed by atoms with van der Waals surface area (Å²) in [6, 6.07) is 7.92. The van der Waals surface area contributed by atoms with Crippen molar-refractivity contribution in [2.45, 2.75) is 57.0 Å². The molecule has 2 unspecified atom stereocenters. The molecule has 1 saturated heterocycles. The average molecular weight is 537 g/mol. The van der Waals surface area contributed by atoms with Gasteiger partial charge in [-0.15, -0.1) is 6.42 Å². The van der Waals surface area contributed by atoms with E-state index in [0.717, 1.165) is 10.9 Å². The lowest BCUT2D eigenvalue weighted by atomic mass is 9.92. The lowest BCUT2D eigenvalue weighted by molar-refractivity contribution is -0.156. The minimum atomic E-state index is -4.53. The van der Waals surface area contributed by atoms with E-state index in [1.165, 1.54) is 19.1 Å². The second kappa shape index (κ2) is 11.4. The molecule has 0 spiro atoms. The van der Waals surface area contributed by atoms with E-state index in [1.807, 2.05) is 0 Å². The number of ether oxygens (including phenoxy) is 2. The number of terminal acetylenes is 1. The van der Waals surface area contributed by atoms with Crippen LogP contribution in [0.5, 0.6) is 5.75 Å². The first kappa shape index (κ1) is 28.3. The summed E-state index contributed by atoms with van der Waals surface area (Å²) in [6.45, 7) is 3.96. The van der Waals surface area contributed by atoms with E-state index in [-0.39, 0.29) is 11.7 Å². The number of hydrogen-bond acceptors (Lipinski definition) is 13. The van der Waals surface area contributed by atoms with Gasteiger partial charge in [-0.25, -0.2) is 19.1 Å². The van der Waals surface area contributed by atoms with Crippen LogP contribution in [0.3, 0.4) is 0 Å². The molecule has 1 fully saturated rings. The summed E-state index contributed by atoms with van der Waals surface area (Å²) in [5.74, 6) is 1.25. The van der Waals surface area contributed by atoms with Gasteiger partial charge < -0.3 is 30.6 Å². The molecule has 0 saturated carbocycles. The van der Waals surface area contributed by atoms with Crippen molar-refractivity contribution in [3.05, 3.63) is 47.1 Å². The van der Waals surface area contributed by atoms with E-state index in [9.17, 15) is 19.3 Å².